The van der Waals surface area contributed by atoms with Gasteiger partial charge in [0.1, 0.15) is 0 Å². The number of hydrogen-bond acceptors (Lipinski definition) is 5. The number of sulfonamides is 1. The van der Waals surface area contributed by atoms with Gasteiger partial charge in [-0.15, -0.1) is 0 Å². The average Bonchev–Trinajstić information content (AvgIpc) is 2.36. The number of nitro groups is 1. The number of aliphatic hydroxyl groups excluding tert-OH is 1. The number of nitro benzene ring substituents is 1. The Balaban J connectivity index is 2.96. The molecule has 0 aromatic heterocycles. The maximum absolute atomic E-state index is 12.2. The number of rotatable bonds is 7. The van der Waals surface area contributed by atoms with Crippen LogP contribution in [0.15, 0.2) is 23.1 Å². The Morgan fingerprint density at radius 3 is 2.48 bits per heavy atom. The van der Waals surface area contributed by atoms with Crippen molar-refractivity contribution >= 4 is 15.7 Å². The van der Waals surface area contributed by atoms with Crippen molar-refractivity contribution in [3.05, 3.63) is 33.9 Å². The predicted octanol–water partition coefficient (Wildman–Crippen LogP) is 1.59. The molecule has 0 aliphatic carbocycles. The van der Waals surface area contributed by atoms with Gasteiger partial charge in [0.25, 0.3) is 5.69 Å². The van der Waals surface area contributed by atoms with Crippen LogP contribution in [0.5, 0.6) is 0 Å². The molecule has 0 fully saturated rings. The second-order valence-corrected chi connectivity index (χ2v) is 7.40. The molecule has 0 atom stereocenters. The molecule has 7 nitrogen and oxygen atoms in total. The number of aliphatic hydroxyl groups is 1. The first kappa shape index (κ1) is 17.5. The molecule has 0 heterocycles. The average molecular weight is 316 g/mol. The fraction of sp³-hybridized carbons (Fsp3) is 0.538. The van der Waals surface area contributed by atoms with Crippen LogP contribution in [-0.2, 0) is 10.0 Å². The van der Waals surface area contributed by atoms with Crippen LogP contribution in [0.3, 0.4) is 0 Å². The molecule has 118 valence electrons. The molecule has 0 amide bonds. The summed E-state index contributed by atoms with van der Waals surface area (Å²) in [5.74, 6) is 0. The zero-order chi connectivity index (χ0) is 16.3. The van der Waals surface area contributed by atoms with Crippen molar-refractivity contribution in [1.82, 2.24) is 4.72 Å². The summed E-state index contributed by atoms with van der Waals surface area (Å²) in [6, 6.07) is 3.63. The van der Waals surface area contributed by atoms with Gasteiger partial charge in [-0.25, -0.2) is 13.1 Å². The molecule has 0 saturated carbocycles. The molecule has 0 aliphatic heterocycles. The monoisotopic (exact) mass is 316 g/mol. The van der Waals surface area contributed by atoms with Gasteiger partial charge in [-0.05, 0) is 30.4 Å². The Bertz CT molecular complexity index is 625. The topological polar surface area (TPSA) is 110 Å². The minimum Gasteiger partial charge on any atom is -0.396 e. The van der Waals surface area contributed by atoms with Crippen molar-refractivity contribution < 1.29 is 18.4 Å². The third kappa shape index (κ3) is 4.76. The fourth-order valence-corrected chi connectivity index (χ4v) is 3.27. The van der Waals surface area contributed by atoms with Crippen molar-refractivity contribution in [2.24, 2.45) is 5.41 Å². The molecule has 21 heavy (non-hydrogen) atoms. The molecule has 0 radical (unpaired) electrons. The molecule has 0 saturated heterocycles. The number of non-ortho nitro benzene ring substituents is 1. The van der Waals surface area contributed by atoms with Crippen LogP contribution in [0, 0.1) is 22.5 Å². The Hall–Kier alpha value is -1.51. The SMILES string of the molecule is Cc1cc([N+](=O)[O-])ccc1S(=O)(=O)NCC(C)(C)CCO. The van der Waals surface area contributed by atoms with E-state index >= 15 is 0 Å². The van der Waals surface area contributed by atoms with Crippen LogP contribution < -0.4 is 4.72 Å². The van der Waals surface area contributed by atoms with Crippen molar-refractivity contribution in [1.29, 1.82) is 0 Å². The minimum absolute atomic E-state index is 0.0212. The standard InChI is InChI=1S/C13H20N2O5S/c1-10-8-11(15(17)18)4-5-12(10)21(19,20)14-9-13(2,3)6-7-16/h4-5,8,14,16H,6-7,9H2,1-3H3. The number of benzene rings is 1. The van der Waals surface area contributed by atoms with Crippen LogP contribution in [0.1, 0.15) is 25.8 Å². The number of nitrogens with zero attached hydrogens (tertiary/aromatic N) is 1. The quantitative estimate of drug-likeness (QED) is 0.586. The van der Waals surface area contributed by atoms with Crippen LogP contribution in [-0.4, -0.2) is 31.6 Å². The van der Waals surface area contributed by atoms with E-state index in [0.717, 1.165) is 0 Å². The van der Waals surface area contributed by atoms with Gasteiger partial charge >= 0.3 is 0 Å². The second kappa shape index (κ2) is 6.50. The van der Waals surface area contributed by atoms with Crippen molar-refractivity contribution in [2.45, 2.75) is 32.1 Å². The highest BCUT2D eigenvalue weighted by Crippen LogP contribution is 2.23. The number of hydrogen-bond donors (Lipinski definition) is 2. The normalized spacial score (nSPS) is 12.4. The summed E-state index contributed by atoms with van der Waals surface area (Å²) in [5.41, 5.74) is -0.208. The van der Waals surface area contributed by atoms with Gasteiger partial charge in [-0.1, -0.05) is 13.8 Å². The zero-order valence-electron chi connectivity index (χ0n) is 12.3. The fourth-order valence-electron chi connectivity index (χ4n) is 1.81. The van der Waals surface area contributed by atoms with Gasteiger partial charge in [0.2, 0.25) is 10.0 Å². The van der Waals surface area contributed by atoms with E-state index in [4.69, 9.17) is 5.11 Å². The second-order valence-electron chi connectivity index (χ2n) is 5.67. The highest BCUT2D eigenvalue weighted by molar-refractivity contribution is 7.89. The van der Waals surface area contributed by atoms with Gasteiger partial charge in [0.15, 0.2) is 0 Å². The lowest BCUT2D eigenvalue weighted by molar-refractivity contribution is -0.385. The highest BCUT2D eigenvalue weighted by Gasteiger charge is 2.24. The molecule has 1 rings (SSSR count). The van der Waals surface area contributed by atoms with Crippen LogP contribution in [0.2, 0.25) is 0 Å². The first-order chi connectivity index (χ1) is 9.59. The molecule has 2 N–H and O–H groups in total. The lowest BCUT2D eigenvalue weighted by atomic mass is 9.90. The summed E-state index contributed by atoms with van der Waals surface area (Å²) in [7, 11) is -3.74. The minimum atomic E-state index is -3.74. The number of aryl methyl sites for hydroxylation is 1. The Morgan fingerprint density at radius 1 is 1.38 bits per heavy atom. The highest BCUT2D eigenvalue weighted by atomic mass is 32.2. The van der Waals surface area contributed by atoms with Gasteiger partial charge in [0.05, 0.1) is 9.82 Å². The van der Waals surface area contributed by atoms with Crippen molar-refractivity contribution in [3.8, 4) is 0 Å². The molecular weight excluding hydrogens is 296 g/mol. The van der Waals surface area contributed by atoms with E-state index in [2.05, 4.69) is 4.72 Å². The molecular formula is C13H20N2O5S. The van der Waals surface area contributed by atoms with E-state index in [-0.39, 0.29) is 29.1 Å². The number of nitrogens with one attached hydrogen (secondary N) is 1. The van der Waals surface area contributed by atoms with E-state index in [0.29, 0.717) is 12.0 Å². The molecule has 0 aliphatic rings. The smallest absolute Gasteiger partial charge is 0.269 e. The van der Waals surface area contributed by atoms with Crippen LogP contribution >= 0.6 is 0 Å². The van der Waals surface area contributed by atoms with E-state index in [1.54, 1.807) is 0 Å². The van der Waals surface area contributed by atoms with Gasteiger partial charge in [0, 0.05) is 25.3 Å². The molecule has 1 aromatic rings. The van der Waals surface area contributed by atoms with Gasteiger partial charge in [-0.3, -0.25) is 10.1 Å². The zero-order valence-corrected chi connectivity index (χ0v) is 13.1. The molecule has 0 spiro atoms. The summed E-state index contributed by atoms with van der Waals surface area (Å²) >= 11 is 0. The maximum Gasteiger partial charge on any atom is 0.269 e. The molecule has 0 bridgehead atoms. The van der Waals surface area contributed by atoms with E-state index in [1.807, 2.05) is 13.8 Å². The third-order valence-electron chi connectivity index (χ3n) is 3.19. The van der Waals surface area contributed by atoms with Gasteiger partial charge in [-0.2, -0.15) is 0 Å². The molecule has 1 aromatic carbocycles. The first-order valence-corrected chi connectivity index (χ1v) is 7.93. The summed E-state index contributed by atoms with van der Waals surface area (Å²) in [4.78, 5) is 10.1. The third-order valence-corrected chi connectivity index (χ3v) is 4.75. The van der Waals surface area contributed by atoms with E-state index in [1.165, 1.54) is 25.1 Å². The summed E-state index contributed by atoms with van der Waals surface area (Å²) < 4.78 is 27.0. The maximum atomic E-state index is 12.2. The van der Waals surface area contributed by atoms with Crippen molar-refractivity contribution in [2.75, 3.05) is 13.2 Å². The first-order valence-electron chi connectivity index (χ1n) is 6.45. The Kier molecular flexibility index (Phi) is 5.43. The largest absolute Gasteiger partial charge is 0.396 e. The predicted molar refractivity (Wildman–Crippen MR) is 78.5 cm³/mol. The van der Waals surface area contributed by atoms with Crippen molar-refractivity contribution in [3.63, 3.8) is 0 Å². The Morgan fingerprint density at radius 2 is 2.00 bits per heavy atom. The Labute approximate surface area is 124 Å². The lowest BCUT2D eigenvalue weighted by Gasteiger charge is -2.24. The van der Waals surface area contributed by atoms with Crippen LogP contribution in [0.4, 0.5) is 5.69 Å². The van der Waals surface area contributed by atoms with E-state index < -0.39 is 14.9 Å². The molecule has 0 unspecified atom stereocenters. The molecule has 8 heteroatoms. The summed E-state index contributed by atoms with van der Waals surface area (Å²) in [6.07, 6.45) is 0.467. The van der Waals surface area contributed by atoms with Gasteiger partial charge < -0.3 is 5.11 Å². The lowest BCUT2D eigenvalue weighted by Crippen LogP contribution is -2.34. The van der Waals surface area contributed by atoms with E-state index in [9.17, 15) is 18.5 Å². The van der Waals surface area contributed by atoms with Crippen LogP contribution in [0.25, 0.3) is 0 Å². The summed E-state index contributed by atoms with van der Waals surface area (Å²) in [6.45, 7) is 5.35. The summed E-state index contributed by atoms with van der Waals surface area (Å²) in [5, 5.41) is 19.6.